The molecule has 2 heterocycles. The van der Waals surface area contributed by atoms with E-state index in [1.807, 2.05) is 12.1 Å². The van der Waals surface area contributed by atoms with E-state index in [9.17, 15) is 0 Å². The third-order valence-electron chi connectivity index (χ3n) is 11.2. The van der Waals surface area contributed by atoms with Crippen LogP contribution in [0.25, 0.3) is 82.8 Å². The molecule has 0 atom stereocenters. The van der Waals surface area contributed by atoms with E-state index >= 15 is 0 Å². The van der Waals surface area contributed by atoms with Crippen LogP contribution < -0.4 is 4.90 Å². The average Bonchev–Trinajstić information content (AvgIpc) is 3.83. The summed E-state index contributed by atoms with van der Waals surface area (Å²) in [4.78, 5) is 2.40. The second-order valence-electron chi connectivity index (χ2n) is 14.5. The minimum Gasteiger partial charge on any atom is -0.456 e. The van der Waals surface area contributed by atoms with E-state index in [1.54, 1.807) is 0 Å². The Bertz CT molecular complexity index is 3220. The fraction of sp³-hybridized carbons (Fsp3) is 0. The van der Waals surface area contributed by atoms with E-state index in [-0.39, 0.29) is 0 Å². The first-order chi connectivity index (χ1) is 28.3. The minimum absolute atomic E-state index is 0.874. The molecule has 2 aromatic heterocycles. The van der Waals surface area contributed by atoms with Gasteiger partial charge in [0.15, 0.2) is 0 Å². The molecule has 0 unspecified atom stereocenters. The van der Waals surface area contributed by atoms with E-state index in [0.717, 1.165) is 66.9 Å². The van der Waals surface area contributed by atoms with E-state index < -0.39 is 0 Å². The molecule has 0 fully saturated rings. The molecular weight excluding hydrogens is 693 g/mol. The lowest BCUT2D eigenvalue weighted by molar-refractivity contribution is 0.669. The normalized spacial score (nSPS) is 11.5. The van der Waals surface area contributed by atoms with Crippen LogP contribution in [0.15, 0.2) is 223 Å². The van der Waals surface area contributed by atoms with Gasteiger partial charge in [-0.05, 0) is 94.5 Å². The summed E-state index contributed by atoms with van der Waals surface area (Å²) in [5, 5.41) is 4.68. The summed E-state index contributed by atoms with van der Waals surface area (Å²) < 4.78 is 8.69. The van der Waals surface area contributed by atoms with Crippen molar-refractivity contribution >= 4 is 60.8 Å². The zero-order chi connectivity index (χ0) is 37.7. The van der Waals surface area contributed by atoms with Crippen LogP contribution in [-0.4, -0.2) is 4.57 Å². The summed E-state index contributed by atoms with van der Waals surface area (Å²) in [6.07, 6.45) is 0. The van der Waals surface area contributed by atoms with Gasteiger partial charge in [-0.1, -0.05) is 152 Å². The quantitative estimate of drug-likeness (QED) is 0.163. The monoisotopic (exact) mass is 728 g/mol. The van der Waals surface area contributed by atoms with Crippen LogP contribution in [0.3, 0.4) is 0 Å². The minimum atomic E-state index is 0.874. The highest BCUT2D eigenvalue weighted by Gasteiger charge is 2.21. The molecule has 0 saturated carbocycles. The third kappa shape index (κ3) is 5.60. The second kappa shape index (κ2) is 13.6. The number of para-hydroxylation sites is 3. The molecule has 0 N–H and O–H groups in total. The number of hydrogen-bond donors (Lipinski definition) is 0. The summed E-state index contributed by atoms with van der Waals surface area (Å²) in [6, 6.07) is 78.2. The van der Waals surface area contributed by atoms with Crippen molar-refractivity contribution in [3.63, 3.8) is 0 Å². The molecule has 0 aliphatic heterocycles. The Balaban J connectivity index is 1.12. The van der Waals surface area contributed by atoms with E-state index in [4.69, 9.17) is 4.42 Å². The van der Waals surface area contributed by atoms with Gasteiger partial charge in [0.05, 0.1) is 16.7 Å². The fourth-order valence-corrected chi connectivity index (χ4v) is 8.57. The summed E-state index contributed by atoms with van der Waals surface area (Å²) >= 11 is 0. The first-order valence-corrected chi connectivity index (χ1v) is 19.4. The van der Waals surface area contributed by atoms with Gasteiger partial charge in [-0.25, -0.2) is 0 Å². The zero-order valence-electron chi connectivity index (χ0n) is 31.1. The third-order valence-corrected chi connectivity index (χ3v) is 11.2. The molecule has 11 rings (SSSR count). The topological polar surface area (TPSA) is 21.3 Å². The summed E-state index contributed by atoms with van der Waals surface area (Å²) in [6.45, 7) is 0. The highest BCUT2D eigenvalue weighted by Crippen LogP contribution is 2.45. The van der Waals surface area contributed by atoms with Gasteiger partial charge in [0, 0.05) is 44.2 Å². The maximum Gasteiger partial charge on any atom is 0.135 e. The van der Waals surface area contributed by atoms with Gasteiger partial charge >= 0.3 is 0 Å². The van der Waals surface area contributed by atoms with Crippen molar-refractivity contribution < 1.29 is 4.42 Å². The van der Waals surface area contributed by atoms with Crippen LogP contribution in [0.1, 0.15) is 0 Å². The predicted molar refractivity (Wildman–Crippen MR) is 239 cm³/mol. The molecule has 3 heteroatoms. The van der Waals surface area contributed by atoms with Crippen molar-refractivity contribution in [2.45, 2.75) is 0 Å². The highest BCUT2D eigenvalue weighted by atomic mass is 16.3. The van der Waals surface area contributed by atoms with Crippen molar-refractivity contribution in [1.29, 1.82) is 0 Å². The number of nitrogens with zero attached hydrogens (tertiary/aromatic N) is 2. The molecule has 3 nitrogen and oxygen atoms in total. The molecule has 0 radical (unpaired) electrons. The fourth-order valence-electron chi connectivity index (χ4n) is 8.57. The van der Waals surface area contributed by atoms with Crippen molar-refractivity contribution in [1.82, 2.24) is 4.57 Å². The number of rotatable bonds is 7. The Kier molecular flexibility index (Phi) is 7.82. The Morgan fingerprint density at radius 2 is 0.947 bits per heavy atom. The van der Waals surface area contributed by atoms with Crippen LogP contribution in [0.2, 0.25) is 0 Å². The van der Waals surface area contributed by atoms with Crippen LogP contribution >= 0.6 is 0 Å². The van der Waals surface area contributed by atoms with Gasteiger partial charge in [-0.3, -0.25) is 0 Å². The van der Waals surface area contributed by atoms with Crippen LogP contribution in [0.5, 0.6) is 0 Å². The van der Waals surface area contributed by atoms with E-state index in [0.29, 0.717) is 0 Å². The Morgan fingerprint density at radius 1 is 0.351 bits per heavy atom. The Labute approximate surface area is 330 Å². The lowest BCUT2D eigenvalue weighted by atomic mass is 9.96. The largest absolute Gasteiger partial charge is 0.456 e. The average molecular weight is 729 g/mol. The Hall–Kier alpha value is -7.62. The molecule has 0 bridgehead atoms. The molecule has 0 aliphatic carbocycles. The number of benzene rings is 9. The molecule has 57 heavy (non-hydrogen) atoms. The smallest absolute Gasteiger partial charge is 0.135 e. The number of hydrogen-bond acceptors (Lipinski definition) is 2. The van der Waals surface area contributed by atoms with E-state index in [1.165, 1.54) is 32.9 Å². The number of furan rings is 1. The SMILES string of the molecule is c1ccc(-c2ccc(-c3ccccc3)c(N(c3ccc(-c4cccc5c4c4ccccc4n5-c4ccccc4)cc3)c3ccc4oc5ccccc5c4c3)c2)cc1. The van der Waals surface area contributed by atoms with E-state index in [2.05, 4.69) is 216 Å². The summed E-state index contributed by atoms with van der Waals surface area (Å²) in [7, 11) is 0. The molecule has 0 amide bonds. The number of fused-ring (bicyclic) bond motifs is 6. The van der Waals surface area contributed by atoms with Gasteiger partial charge in [0.2, 0.25) is 0 Å². The lowest BCUT2D eigenvalue weighted by Gasteiger charge is -2.29. The molecule has 0 spiro atoms. The summed E-state index contributed by atoms with van der Waals surface area (Å²) in [5.41, 5.74) is 15.5. The number of anilines is 3. The standard InChI is InChI=1S/C54H36N2O/c1-4-15-37(16-5-1)40-29-33-44(38-17-6-2-7-18-38)51(35-40)55(43-32-34-53-48(36-43)46-21-11-13-26-52(46)57-53)42-30-27-39(28-31-42)45-23-14-25-50-54(45)47-22-10-12-24-49(47)56(50)41-19-8-3-9-20-41/h1-36H. The lowest BCUT2D eigenvalue weighted by Crippen LogP contribution is -2.11. The van der Waals surface area contributed by atoms with Gasteiger partial charge in [0.1, 0.15) is 11.2 Å². The maximum atomic E-state index is 6.31. The van der Waals surface area contributed by atoms with Gasteiger partial charge in [-0.2, -0.15) is 0 Å². The van der Waals surface area contributed by atoms with Gasteiger partial charge in [-0.15, -0.1) is 0 Å². The van der Waals surface area contributed by atoms with Gasteiger partial charge in [0.25, 0.3) is 0 Å². The van der Waals surface area contributed by atoms with Crippen LogP contribution in [0.4, 0.5) is 17.1 Å². The first-order valence-electron chi connectivity index (χ1n) is 19.4. The van der Waals surface area contributed by atoms with Crippen molar-refractivity contribution in [3.8, 4) is 39.1 Å². The van der Waals surface area contributed by atoms with Crippen molar-refractivity contribution in [3.05, 3.63) is 218 Å². The molecule has 0 aliphatic rings. The zero-order valence-corrected chi connectivity index (χ0v) is 31.1. The Morgan fingerprint density at radius 3 is 1.74 bits per heavy atom. The van der Waals surface area contributed by atoms with Gasteiger partial charge < -0.3 is 13.9 Å². The first kappa shape index (κ1) is 32.8. The molecule has 0 saturated heterocycles. The maximum absolute atomic E-state index is 6.31. The molecule has 268 valence electrons. The molecular formula is C54H36N2O. The molecule has 9 aromatic carbocycles. The van der Waals surface area contributed by atoms with Crippen molar-refractivity contribution in [2.24, 2.45) is 0 Å². The second-order valence-corrected chi connectivity index (χ2v) is 14.5. The summed E-state index contributed by atoms with van der Waals surface area (Å²) in [5.74, 6) is 0. The van der Waals surface area contributed by atoms with Crippen LogP contribution in [-0.2, 0) is 0 Å². The predicted octanol–water partition coefficient (Wildman–Crippen LogP) is 15.2. The highest BCUT2D eigenvalue weighted by molar-refractivity contribution is 6.16. The van der Waals surface area contributed by atoms with Crippen LogP contribution in [0, 0.1) is 0 Å². The molecule has 11 aromatic rings. The number of aromatic nitrogens is 1. The van der Waals surface area contributed by atoms with Crippen molar-refractivity contribution in [2.75, 3.05) is 4.90 Å².